The number of nitrogens with zero attached hydrogens (tertiary/aromatic N) is 1. The molecule has 0 bridgehead atoms. The number of rotatable bonds is 8. The van der Waals surface area contributed by atoms with Gasteiger partial charge in [-0.1, -0.05) is 71.9 Å². The van der Waals surface area contributed by atoms with Gasteiger partial charge in [-0.15, -0.1) is 0 Å². The van der Waals surface area contributed by atoms with Gasteiger partial charge < -0.3 is 19.1 Å². The van der Waals surface area contributed by atoms with Crippen molar-refractivity contribution in [2.45, 2.75) is 38.2 Å². The predicted octanol–water partition coefficient (Wildman–Crippen LogP) is 6.75. The summed E-state index contributed by atoms with van der Waals surface area (Å²) in [5.74, 6) is 0.326. The maximum Gasteiger partial charge on any atom is 0.412 e. The Bertz CT molecular complexity index is 1470. The van der Waals surface area contributed by atoms with Gasteiger partial charge in [0.15, 0.2) is 5.76 Å². The Morgan fingerprint density at radius 1 is 0.974 bits per heavy atom. The van der Waals surface area contributed by atoms with Crippen LogP contribution in [-0.2, 0) is 14.9 Å². The summed E-state index contributed by atoms with van der Waals surface area (Å²) in [6.07, 6.45) is 0.182. The molecule has 1 aliphatic rings. The van der Waals surface area contributed by atoms with Crippen molar-refractivity contribution in [2.75, 3.05) is 12.4 Å². The van der Waals surface area contributed by atoms with Gasteiger partial charge in [-0.3, -0.25) is 10.1 Å². The highest BCUT2D eigenvalue weighted by atomic mass is 16.6. The van der Waals surface area contributed by atoms with Crippen LogP contribution in [0.25, 0.3) is 22.4 Å². The smallest absolute Gasteiger partial charge is 0.412 e. The first kappa shape index (κ1) is 25.1. The maximum absolute atomic E-state index is 12.7. The van der Waals surface area contributed by atoms with E-state index in [-0.39, 0.29) is 0 Å². The minimum absolute atomic E-state index is 0.433. The number of benzene rings is 3. The normalized spacial score (nSPS) is 14.4. The van der Waals surface area contributed by atoms with Crippen LogP contribution in [-0.4, -0.2) is 29.4 Å². The molecule has 8 nitrogen and oxygen atoms in total. The van der Waals surface area contributed by atoms with E-state index in [2.05, 4.69) is 10.5 Å². The first-order valence-electron chi connectivity index (χ1n) is 12.3. The lowest BCUT2D eigenvalue weighted by atomic mass is 9.93. The summed E-state index contributed by atoms with van der Waals surface area (Å²) in [4.78, 5) is 24.3. The molecule has 3 aromatic carbocycles. The lowest BCUT2D eigenvalue weighted by molar-refractivity contribution is -0.140. The van der Waals surface area contributed by atoms with Crippen molar-refractivity contribution in [3.05, 3.63) is 89.7 Å². The van der Waals surface area contributed by atoms with E-state index in [1.165, 1.54) is 0 Å². The Balaban J connectivity index is 1.30. The second-order valence-corrected chi connectivity index (χ2v) is 9.42. The van der Waals surface area contributed by atoms with Crippen molar-refractivity contribution < 1.29 is 28.7 Å². The molecular formula is C30H28N2O6. The van der Waals surface area contributed by atoms with Gasteiger partial charge in [0, 0.05) is 11.1 Å². The molecule has 38 heavy (non-hydrogen) atoms. The maximum atomic E-state index is 12.7. The summed E-state index contributed by atoms with van der Waals surface area (Å²) in [6, 6.07) is 22.7. The molecular weight excluding hydrogens is 484 g/mol. The number of carboxylic acid groups (broad SMARTS) is 1. The number of hydrogen-bond acceptors (Lipinski definition) is 6. The predicted molar refractivity (Wildman–Crippen MR) is 142 cm³/mol. The molecule has 5 rings (SSSR count). The monoisotopic (exact) mass is 512 g/mol. The van der Waals surface area contributed by atoms with Gasteiger partial charge in [-0.05, 0) is 49.4 Å². The number of amides is 1. The fraction of sp³-hybridized carbons (Fsp3) is 0.233. The van der Waals surface area contributed by atoms with E-state index in [1.54, 1.807) is 21.0 Å². The number of anilines is 1. The largest absolute Gasteiger partial charge is 0.496 e. The highest BCUT2D eigenvalue weighted by molar-refractivity contribution is 5.91. The summed E-state index contributed by atoms with van der Waals surface area (Å²) in [6.45, 7) is 3.49. The summed E-state index contributed by atoms with van der Waals surface area (Å²) in [5.41, 5.74) is 4.51. The molecule has 0 spiro atoms. The van der Waals surface area contributed by atoms with E-state index in [4.69, 9.17) is 14.0 Å². The number of ether oxygens (including phenoxy) is 2. The van der Waals surface area contributed by atoms with Crippen LogP contribution >= 0.6 is 0 Å². The molecule has 1 amide bonds. The Morgan fingerprint density at radius 2 is 1.58 bits per heavy atom. The highest BCUT2D eigenvalue weighted by Crippen LogP contribution is 2.48. The lowest BCUT2D eigenvalue weighted by Gasteiger charge is -2.17. The third kappa shape index (κ3) is 4.72. The molecule has 1 aliphatic carbocycles. The van der Waals surface area contributed by atoms with Crippen LogP contribution in [0.2, 0.25) is 0 Å². The van der Waals surface area contributed by atoms with Gasteiger partial charge in [-0.25, -0.2) is 4.79 Å². The van der Waals surface area contributed by atoms with Gasteiger partial charge >= 0.3 is 12.1 Å². The van der Waals surface area contributed by atoms with Crippen molar-refractivity contribution in [2.24, 2.45) is 0 Å². The van der Waals surface area contributed by atoms with E-state index in [0.717, 1.165) is 27.8 Å². The Labute approximate surface area is 220 Å². The van der Waals surface area contributed by atoms with Crippen LogP contribution in [0.5, 0.6) is 5.75 Å². The van der Waals surface area contributed by atoms with Crippen LogP contribution in [0.4, 0.5) is 10.5 Å². The van der Waals surface area contributed by atoms with Gasteiger partial charge in [0.2, 0.25) is 0 Å². The molecule has 1 saturated carbocycles. The number of hydrogen-bond donors (Lipinski definition) is 2. The Kier molecular flexibility index (Phi) is 6.63. The van der Waals surface area contributed by atoms with Crippen molar-refractivity contribution >= 4 is 17.7 Å². The van der Waals surface area contributed by atoms with Crippen LogP contribution in [0.15, 0.2) is 77.3 Å². The van der Waals surface area contributed by atoms with E-state index < -0.39 is 23.6 Å². The van der Waals surface area contributed by atoms with Crippen LogP contribution < -0.4 is 10.1 Å². The number of aliphatic carboxylic acids is 1. The fourth-order valence-electron chi connectivity index (χ4n) is 4.63. The van der Waals surface area contributed by atoms with Crippen LogP contribution in [0.3, 0.4) is 0 Å². The van der Waals surface area contributed by atoms with Gasteiger partial charge in [0.1, 0.15) is 23.2 Å². The zero-order valence-corrected chi connectivity index (χ0v) is 21.4. The minimum atomic E-state index is -0.764. The van der Waals surface area contributed by atoms with Gasteiger partial charge in [-0.2, -0.15) is 0 Å². The standard InChI is InChI=1S/C30H28N2O6/c1-18(24-6-4-5-7-25(24)36-3)37-29(35)31-26-19(2)38-32-27(26)22-10-8-20(9-11-22)21-12-14-23(15-13-21)30(16-17-30)28(33)34/h4-15,18H,16-17H2,1-3H3,(H,31,35)(H,33,34). The second kappa shape index (κ2) is 10.0. The molecule has 1 heterocycles. The number of methoxy groups -OCH3 is 1. The Morgan fingerprint density at radius 3 is 2.18 bits per heavy atom. The third-order valence-electron chi connectivity index (χ3n) is 7.04. The number of carbonyl (C=O) groups is 2. The van der Waals surface area contributed by atoms with Gasteiger partial charge in [0.25, 0.3) is 0 Å². The number of nitrogens with one attached hydrogen (secondary N) is 1. The highest BCUT2D eigenvalue weighted by Gasteiger charge is 2.51. The Hall–Kier alpha value is -4.59. The SMILES string of the molecule is COc1ccccc1C(C)OC(=O)Nc1c(-c2ccc(-c3ccc(C4(C(=O)O)CC4)cc3)cc2)noc1C. The number of aromatic nitrogens is 1. The first-order chi connectivity index (χ1) is 18.3. The first-order valence-corrected chi connectivity index (χ1v) is 12.3. The molecule has 4 aromatic rings. The third-order valence-corrected chi connectivity index (χ3v) is 7.04. The summed E-state index contributed by atoms with van der Waals surface area (Å²) >= 11 is 0. The summed E-state index contributed by atoms with van der Waals surface area (Å²) < 4.78 is 16.3. The second-order valence-electron chi connectivity index (χ2n) is 9.42. The topological polar surface area (TPSA) is 111 Å². The molecule has 194 valence electrons. The number of para-hydroxylation sites is 1. The fourth-order valence-corrected chi connectivity index (χ4v) is 4.63. The molecule has 0 saturated heterocycles. The zero-order valence-electron chi connectivity index (χ0n) is 21.4. The molecule has 8 heteroatoms. The molecule has 1 atom stereocenters. The van der Waals surface area contributed by atoms with E-state index in [0.29, 0.717) is 35.7 Å². The number of aryl methyl sites for hydroxylation is 1. The molecule has 1 unspecified atom stereocenters. The molecule has 2 N–H and O–H groups in total. The number of carbonyl (C=O) groups excluding carboxylic acids is 1. The van der Waals surface area contributed by atoms with Crippen LogP contribution in [0.1, 0.15) is 42.8 Å². The van der Waals surface area contributed by atoms with Crippen molar-refractivity contribution in [3.8, 4) is 28.1 Å². The van der Waals surface area contributed by atoms with E-state index in [1.807, 2.05) is 72.8 Å². The average molecular weight is 513 g/mol. The van der Waals surface area contributed by atoms with Crippen molar-refractivity contribution in [1.29, 1.82) is 0 Å². The minimum Gasteiger partial charge on any atom is -0.496 e. The number of carboxylic acids is 1. The molecule has 1 fully saturated rings. The molecule has 1 aromatic heterocycles. The molecule has 0 aliphatic heterocycles. The van der Waals surface area contributed by atoms with E-state index in [9.17, 15) is 14.7 Å². The van der Waals surface area contributed by atoms with E-state index >= 15 is 0 Å². The van der Waals surface area contributed by atoms with Crippen molar-refractivity contribution in [3.63, 3.8) is 0 Å². The van der Waals surface area contributed by atoms with Gasteiger partial charge in [0.05, 0.1) is 12.5 Å². The zero-order chi connectivity index (χ0) is 26.9. The summed E-state index contributed by atoms with van der Waals surface area (Å²) in [5, 5.41) is 16.4. The average Bonchev–Trinajstić information content (AvgIpc) is 3.68. The molecule has 0 radical (unpaired) electrons. The van der Waals surface area contributed by atoms with Crippen LogP contribution in [0, 0.1) is 6.92 Å². The quantitative estimate of drug-likeness (QED) is 0.269. The summed E-state index contributed by atoms with van der Waals surface area (Å²) in [7, 11) is 1.57. The lowest BCUT2D eigenvalue weighted by Crippen LogP contribution is -2.19. The van der Waals surface area contributed by atoms with Crippen molar-refractivity contribution in [1.82, 2.24) is 5.16 Å².